The molecule has 7 heteroatoms. The fraction of sp³-hybridized carbons (Fsp3) is 0.188. The Bertz CT molecular complexity index is 761. The third-order valence-corrected chi connectivity index (χ3v) is 3.74. The lowest BCUT2D eigenvalue weighted by atomic mass is 10.1. The van der Waals surface area contributed by atoms with E-state index in [1.165, 1.54) is 0 Å². The van der Waals surface area contributed by atoms with Crippen molar-refractivity contribution in [2.24, 2.45) is 5.14 Å². The molecule has 0 aromatic heterocycles. The van der Waals surface area contributed by atoms with Crippen LogP contribution in [-0.4, -0.2) is 14.5 Å². The molecule has 6 nitrogen and oxygen atoms in total. The van der Waals surface area contributed by atoms with E-state index in [0.29, 0.717) is 5.56 Å². The molecule has 3 N–H and O–H groups in total. The number of sulfonamides is 1. The summed E-state index contributed by atoms with van der Waals surface area (Å²) < 4.78 is 27.3. The van der Waals surface area contributed by atoms with Gasteiger partial charge in [-0.3, -0.25) is 0 Å². The number of hydrogen-bond donors (Lipinski definition) is 2. The van der Waals surface area contributed by atoms with Gasteiger partial charge in [-0.05, 0) is 16.7 Å². The molecule has 122 valence electrons. The summed E-state index contributed by atoms with van der Waals surface area (Å²) in [6, 6.07) is 16.2. The number of ether oxygens (including phenoxy) is 1. The van der Waals surface area contributed by atoms with Crippen molar-refractivity contribution in [3.05, 3.63) is 71.3 Å². The molecule has 0 saturated heterocycles. The fourth-order valence-corrected chi connectivity index (χ4v) is 2.65. The number of rotatable bonds is 6. The Labute approximate surface area is 135 Å². The number of carbonyl (C=O) groups excluding carboxylic acids is 1. The van der Waals surface area contributed by atoms with Gasteiger partial charge in [0, 0.05) is 6.54 Å². The summed E-state index contributed by atoms with van der Waals surface area (Å²) in [7, 11) is -3.58. The first kappa shape index (κ1) is 17.0. The maximum atomic E-state index is 11.7. The number of carbonyl (C=O) groups is 1. The third-order valence-electron chi connectivity index (χ3n) is 3.01. The number of benzene rings is 2. The second kappa shape index (κ2) is 7.75. The minimum atomic E-state index is -3.58. The highest BCUT2D eigenvalue weighted by molar-refractivity contribution is 7.88. The molecule has 0 heterocycles. The van der Waals surface area contributed by atoms with Crippen molar-refractivity contribution in [3.8, 4) is 0 Å². The highest BCUT2D eigenvalue weighted by Crippen LogP contribution is 2.08. The zero-order valence-electron chi connectivity index (χ0n) is 12.4. The van der Waals surface area contributed by atoms with Crippen LogP contribution in [-0.2, 0) is 33.7 Å². The van der Waals surface area contributed by atoms with Gasteiger partial charge in [-0.15, -0.1) is 0 Å². The Morgan fingerprint density at radius 3 is 2.35 bits per heavy atom. The second-order valence-electron chi connectivity index (χ2n) is 5.04. The number of nitrogens with two attached hydrogens (primary N) is 1. The predicted octanol–water partition coefficient (Wildman–Crippen LogP) is 1.90. The number of hydrogen-bond acceptors (Lipinski definition) is 4. The van der Waals surface area contributed by atoms with Gasteiger partial charge in [0.25, 0.3) is 0 Å². The smallest absolute Gasteiger partial charge is 0.407 e. The lowest BCUT2D eigenvalue weighted by Gasteiger charge is -2.08. The summed E-state index contributed by atoms with van der Waals surface area (Å²) in [5, 5.41) is 7.63. The van der Waals surface area contributed by atoms with Gasteiger partial charge >= 0.3 is 6.09 Å². The van der Waals surface area contributed by atoms with Gasteiger partial charge < -0.3 is 10.1 Å². The van der Waals surface area contributed by atoms with Crippen LogP contribution in [0.4, 0.5) is 4.79 Å². The van der Waals surface area contributed by atoms with E-state index in [1.54, 1.807) is 24.3 Å². The predicted molar refractivity (Wildman–Crippen MR) is 86.7 cm³/mol. The Morgan fingerprint density at radius 2 is 1.65 bits per heavy atom. The van der Waals surface area contributed by atoms with Crippen LogP contribution in [0.5, 0.6) is 0 Å². The van der Waals surface area contributed by atoms with Crippen LogP contribution in [0.1, 0.15) is 16.7 Å². The van der Waals surface area contributed by atoms with Gasteiger partial charge in [-0.25, -0.2) is 18.4 Å². The lowest BCUT2D eigenvalue weighted by molar-refractivity contribution is 0.139. The zero-order chi connectivity index (χ0) is 16.7. The topological polar surface area (TPSA) is 98.5 Å². The Kier molecular flexibility index (Phi) is 5.72. The Hall–Kier alpha value is -2.38. The van der Waals surface area contributed by atoms with Crippen LogP contribution in [0.15, 0.2) is 54.6 Å². The summed E-state index contributed by atoms with van der Waals surface area (Å²) in [5.41, 5.74) is 2.24. The summed E-state index contributed by atoms with van der Waals surface area (Å²) in [6.45, 7) is 0.435. The van der Waals surface area contributed by atoms with Crippen molar-refractivity contribution in [1.82, 2.24) is 5.32 Å². The summed E-state index contributed by atoms with van der Waals surface area (Å²) in [5.74, 6) is -0.237. The van der Waals surface area contributed by atoms with Gasteiger partial charge in [0.2, 0.25) is 10.0 Å². The van der Waals surface area contributed by atoms with E-state index >= 15 is 0 Å². The van der Waals surface area contributed by atoms with E-state index in [1.807, 2.05) is 30.3 Å². The number of nitrogens with one attached hydrogen (secondary N) is 1. The van der Waals surface area contributed by atoms with Gasteiger partial charge in [0.15, 0.2) is 0 Å². The summed E-state index contributed by atoms with van der Waals surface area (Å²) >= 11 is 0. The third kappa shape index (κ3) is 6.50. The quantitative estimate of drug-likeness (QED) is 0.843. The molecule has 0 aliphatic heterocycles. The molecule has 0 unspecified atom stereocenters. The molecule has 0 atom stereocenters. The molecule has 2 rings (SSSR count). The molecule has 0 saturated carbocycles. The average Bonchev–Trinajstić information content (AvgIpc) is 2.51. The molecule has 0 aliphatic carbocycles. The molecular weight excluding hydrogens is 316 g/mol. The van der Waals surface area contributed by atoms with Crippen LogP contribution in [0.25, 0.3) is 0 Å². The van der Waals surface area contributed by atoms with E-state index < -0.39 is 16.1 Å². The number of amides is 1. The SMILES string of the molecule is NS(=O)(=O)Cc1cccc(CNC(=O)OCc2ccccc2)c1. The first-order valence-corrected chi connectivity index (χ1v) is 8.67. The van der Waals surface area contributed by atoms with Crippen LogP contribution < -0.4 is 10.5 Å². The van der Waals surface area contributed by atoms with Crippen molar-refractivity contribution in [2.75, 3.05) is 0 Å². The maximum absolute atomic E-state index is 11.7. The van der Waals surface area contributed by atoms with E-state index in [9.17, 15) is 13.2 Å². The Morgan fingerprint density at radius 1 is 1.00 bits per heavy atom. The van der Waals surface area contributed by atoms with E-state index in [0.717, 1.165) is 11.1 Å². The van der Waals surface area contributed by atoms with Crippen molar-refractivity contribution >= 4 is 16.1 Å². The zero-order valence-corrected chi connectivity index (χ0v) is 13.3. The van der Waals surface area contributed by atoms with E-state index in [4.69, 9.17) is 9.88 Å². The van der Waals surface area contributed by atoms with Crippen molar-refractivity contribution < 1.29 is 17.9 Å². The lowest BCUT2D eigenvalue weighted by Crippen LogP contribution is -2.23. The molecule has 0 spiro atoms. The second-order valence-corrected chi connectivity index (χ2v) is 6.66. The molecular formula is C16H18N2O4S. The summed E-state index contributed by atoms with van der Waals surface area (Å²) in [4.78, 5) is 11.7. The first-order chi connectivity index (χ1) is 10.9. The van der Waals surface area contributed by atoms with Gasteiger partial charge in [0.1, 0.15) is 6.61 Å². The van der Waals surface area contributed by atoms with Gasteiger partial charge in [-0.1, -0.05) is 54.6 Å². The van der Waals surface area contributed by atoms with Crippen molar-refractivity contribution in [2.45, 2.75) is 18.9 Å². The fourth-order valence-electron chi connectivity index (χ4n) is 2.01. The normalized spacial score (nSPS) is 11.0. The van der Waals surface area contributed by atoms with E-state index in [-0.39, 0.29) is 18.9 Å². The molecule has 0 radical (unpaired) electrons. The first-order valence-electron chi connectivity index (χ1n) is 6.95. The average molecular weight is 334 g/mol. The van der Waals surface area contributed by atoms with Crippen LogP contribution >= 0.6 is 0 Å². The van der Waals surface area contributed by atoms with Gasteiger partial charge in [0.05, 0.1) is 5.75 Å². The van der Waals surface area contributed by atoms with E-state index in [2.05, 4.69) is 5.32 Å². The highest BCUT2D eigenvalue weighted by Gasteiger charge is 2.07. The minimum Gasteiger partial charge on any atom is -0.445 e. The molecule has 0 aliphatic rings. The highest BCUT2D eigenvalue weighted by atomic mass is 32.2. The summed E-state index contributed by atoms with van der Waals surface area (Å²) in [6.07, 6.45) is -0.536. The molecule has 2 aromatic carbocycles. The van der Waals surface area contributed by atoms with Crippen molar-refractivity contribution in [1.29, 1.82) is 0 Å². The molecule has 23 heavy (non-hydrogen) atoms. The largest absolute Gasteiger partial charge is 0.445 e. The monoisotopic (exact) mass is 334 g/mol. The molecule has 1 amide bonds. The number of alkyl carbamates (subject to hydrolysis) is 1. The van der Waals surface area contributed by atoms with Crippen LogP contribution in [0.3, 0.4) is 0 Å². The molecule has 0 fully saturated rings. The van der Waals surface area contributed by atoms with Gasteiger partial charge in [-0.2, -0.15) is 0 Å². The van der Waals surface area contributed by atoms with Crippen LogP contribution in [0, 0.1) is 0 Å². The molecule has 2 aromatic rings. The Balaban J connectivity index is 1.83. The maximum Gasteiger partial charge on any atom is 0.407 e. The molecule has 0 bridgehead atoms. The van der Waals surface area contributed by atoms with Crippen LogP contribution in [0.2, 0.25) is 0 Å². The standard InChI is InChI=1S/C16H18N2O4S/c17-23(20,21)12-15-8-4-7-14(9-15)10-18-16(19)22-11-13-5-2-1-3-6-13/h1-9H,10-12H2,(H,18,19)(H2,17,20,21). The minimum absolute atomic E-state index is 0.193. The number of primary sulfonamides is 1. The van der Waals surface area contributed by atoms with Crippen molar-refractivity contribution in [3.63, 3.8) is 0 Å².